The lowest BCUT2D eigenvalue weighted by atomic mass is 10.1. The molecule has 0 aliphatic heterocycles. The Balaban J connectivity index is 1.59. The van der Waals surface area contributed by atoms with E-state index < -0.39 is 0 Å². The first-order valence-corrected chi connectivity index (χ1v) is 9.43. The molecule has 2 N–H and O–H groups in total. The zero-order valence-corrected chi connectivity index (χ0v) is 17.2. The number of aromatic amines is 1. The summed E-state index contributed by atoms with van der Waals surface area (Å²) in [7, 11) is 1.57. The first kappa shape index (κ1) is 20.5. The van der Waals surface area contributed by atoms with Gasteiger partial charge in [0.15, 0.2) is 16.4 Å². The molecule has 2 heterocycles. The lowest BCUT2D eigenvalue weighted by Crippen LogP contribution is -2.35. The molecule has 0 aliphatic rings. The molecule has 1 aromatic carbocycles. The number of amides is 2. The Hall–Kier alpha value is -3.27. The van der Waals surface area contributed by atoms with Crippen LogP contribution in [0.1, 0.15) is 17.7 Å². The summed E-state index contributed by atoms with van der Waals surface area (Å²) in [6.07, 6.45) is 0.180. The van der Waals surface area contributed by atoms with Crippen molar-refractivity contribution in [2.45, 2.75) is 26.8 Å². The predicted molar refractivity (Wildman–Crippen MR) is 110 cm³/mol. The number of carbonyl (C=O) groups excluding carboxylic acids is 2. The van der Waals surface area contributed by atoms with Gasteiger partial charge in [-0.2, -0.15) is 5.10 Å². The van der Waals surface area contributed by atoms with Crippen molar-refractivity contribution in [3.8, 4) is 11.4 Å². The number of aromatic nitrogens is 4. The van der Waals surface area contributed by atoms with Gasteiger partial charge in [0.2, 0.25) is 11.8 Å². The van der Waals surface area contributed by atoms with Crippen LogP contribution in [0.4, 0.5) is 5.82 Å². The third-order valence-corrected chi connectivity index (χ3v) is 4.63. The van der Waals surface area contributed by atoms with Gasteiger partial charge >= 0.3 is 0 Å². The average molecular weight is 414 g/mol. The SMILES string of the molecule is Cc1ccc(-c2n[nH]c(=S)n2CCC(=O)N(C)CC(=O)Nc2cc(C)on2)cc1. The zero-order valence-electron chi connectivity index (χ0n) is 16.4. The summed E-state index contributed by atoms with van der Waals surface area (Å²) in [4.78, 5) is 25.9. The van der Waals surface area contributed by atoms with Gasteiger partial charge in [0.05, 0.1) is 6.54 Å². The summed E-state index contributed by atoms with van der Waals surface area (Å²) < 4.78 is 7.12. The molecule has 152 valence electrons. The van der Waals surface area contributed by atoms with Crippen molar-refractivity contribution in [3.05, 3.63) is 46.4 Å². The number of rotatable bonds is 7. The molecule has 0 aliphatic carbocycles. The van der Waals surface area contributed by atoms with E-state index in [1.165, 1.54) is 4.90 Å². The van der Waals surface area contributed by atoms with Crippen molar-refractivity contribution in [2.75, 3.05) is 18.9 Å². The van der Waals surface area contributed by atoms with Crippen LogP contribution in [0.5, 0.6) is 0 Å². The second kappa shape index (κ2) is 8.82. The largest absolute Gasteiger partial charge is 0.360 e. The summed E-state index contributed by atoms with van der Waals surface area (Å²) in [6, 6.07) is 9.50. The first-order chi connectivity index (χ1) is 13.8. The Morgan fingerprint density at radius 2 is 2.00 bits per heavy atom. The van der Waals surface area contributed by atoms with Gasteiger partial charge in [0.1, 0.15) is 5.76 Å². The van der Waals surface area contributed by atoms with Crippen LogP contribution in [0.15, 0.2) is 34.9 Å². The molecule has 0 saturated carbocycles. The van der Waals surface area contributed by atoms with Crippen molar-refractivity contribution in [1.82, 2.24) is 24.8 Å². The number of benzene rings is 1. The van der Waals surface area contributed by atoms with Crippen LogP contribution >= 0.6 is 12.2 Å². The molecule has 0 atom stereocenters. The molecule has 0 saturated heterocycles. The smallest absolute Gasteiger partial charge is 0.245 e. The van der Waals surface area contributed by atoms with Gasteiger partial charge in [0.25, 0.3) is 0 Å². The van der Waals surface area contributed by atoms with Gasteiger partial charge in [-0.3, -0.25) is 19.3 Å². The number of hydrogen-bond acceptors (Lipinski definition) is 6. The third kappa shape index (κ3) is 5.17. The Labute approximate surface area is 172 Å². The molecule has 3 rings (SSSR count). The number of H-pyrrole nitrogens is 1. The van der Waals surface area contributed by atoms with Crippen LogP contribution in [-0.4, -0.2) is 50.2 Å². The normalized spacial score (nSPS) is 10.7. The number of nitrogens with zero attached hydrogens (tertiary/aromatic N) is 4. The van der Waals surface area contributed by atoms with Crippen molar-refractivity contribution in [1.29, 1.82) is 0 Å². The molecule has 0 spiro atoms. The van der Waals surface area contributed by atoms with Gasteiger partial charge < -0.3 is 14.7 Å². The first-order valence-electron chi connectivity index (χ1n) is 9.03. The standard InChI is InChI=1S/C19H22N6O3S/c1-12-4-6-14(7-5-12)18-21-22-19(29)25(18)9-8-17(27)24(3)11-16(26)20-15-10-13(2)28-23-15/h4-7,10H,8-9,11H2,1-3H3,(H,22,29)(H,20,23,26). The number of aryl methyl sites for hydroxylation is 2. The van der Waals surface area contributed by atoms with Crippen molar-refractivity contribution in [3.63, 3.8) is 0 Å². The van der Waals surface area contributed by atoms with Gasteiger partial charge in [-0.1, -0.05) is 35.0 Å². The van der Waals surface area contributed by atoms with Crippen molar-refractivity contribution in [2.24, 2.45) is 0 Å². The molecular formula is C19H22N6O3S. The fourth-order valence-electron chi connectivity index (χ4n) is 2.76. The van der Waals surface area contributed by atoms with E-state index in [1.54, 1.807) is 24.6 Å². The quantitative estimate of drug-likeness (QED) is 0.576. The highest BCUT2D eigenvalue weighted by atomic mass is 32.1. The summed E-state index contributed by atoms with van der Waals surface area (Å²) in [5.41, 5.74) is 2.05. The average Bonchev–Trinajstić information content (AvgIpc) is 3.25. The molecule has 2 amide bonds. The minimum Gasteiger partial charge on any atom is -0.360 e. The maximum Gasteiger partial charge on any atom is 0.245 e. The van der Waals surface area contributed by atoms with E-state index in [4.69, 9.17) is 16.7 Å². The van der Waals surface area contributed by atoms with E-state index in [2.05, 4.69) is 20.7 Å². The summed E-state index contributed by atoms with van der Waals surface area (Å²) in [6.45, 7) is 4.00. The number of anilines is 1. The monoisotopic (exact) mass is 414 g/mol. The third-order valence-electron chi connectivity index (χ3n) is 4.32. The molecular weight excluding hydrogens is 392 g/mol. The highest BCUT2D eigenvalue weighted by Gasteiger charge is 2.16. The second-order valence-electron chi connectivity index (χ2n) is 6.74. The number of hydrogen-bond donors (Lipinski definition) is 2. The molecule has 0 fully saturated rings. The fraction of sp³-hybridized carbons (Fsp3) is 0.316. The topological polar surface area (TPSA) is 109 Å². The fourth-order valence-corrected chi connectivity index (χ4v) is 2.98. The van der Waals surface area contributed by atoms with Crippen LogP contribution in [0.2, 0.25) is 0 Å². The minimum absolute atomic E-state index is 0.0909. The Kier molecular flexibility index (Phi) is 6.23. The predicted octanol–water partition coefficient (Wildman–Crippen LogP) is 2.70. The van der Waals surface area contributed by atoms with Gasteiger partial charge in [-0.25, -0.2) is 0 Å². The Morgan fingerprint density at radius 3 is 2.66 bits per heavy atom. The summed E-state index contributed by atoms with van der Waals surface area (Å²) in [5, 5.41) is 13.3. The van der Waals surface area contributed by atoms with E-state index in [0.717, 1.165) is 11.1 Å². The molecule has 0 radical (unpaired) electrons. The van der Waals surface area contributed by atoms with E-state index >= 15 is 0 Å². The van der Waals surface area contributed by atoms with Gasteiger partial charge in [0, 0.05) is 31.6 Å². The molecule has 29 heavy (non-hydrogen) atoms. The molecule has 9 nitrogen and oxygen atoms in total. The van der Waals surface area contributed by atoms with Crippen LogP contribution in [0.3, 0.4) is 0 Å². The number of nitrogens with one attached hydrogen (secondary N) is 2. The maximum atomic E-state index is 12.5. The van der Waals surface area contributed by atoms with Crippen LogP contribution in [-0.2, 0) is 16.1 Å². The van der Waals surface area contributed by atoms with Crippen LogP contribution in [0, 0.1) is 18.6 Å². The van der Waals surface area contributed by atoms with Gasteiger partial charge in [-0.15, -0.1) is 0 Å². The summed E-state index contributed by atoms with van der Waals surface area (Å²) in [5.74, 6) is 1.04. The highest BCUT2D eigenvalue weighted by molar-refractivity contribution is 7.71. The van der Waals surface area contributed by atoms with Crippen molar-refractivity contribution >= 4 is 29.9 Å². The van der Waals surface area contributed by atoms with Gasteiger partial charge in [-0.05, 0) is 26.1 Å². The Morgan fingerprint density at radius 1 is 1.28 bits per heavy atom. The Bertz CT molecular complexity index is 1070. The molecule has 10 heteroatoms. The lowest BCUT2D eigenvalue weighted by molar-refractivity contribution is -0.133. The number of carbonyl (C=O) groups is 2. The molecule has 0 bridgehead atoms. The zero-order chi connectivity index (χ0) is 21.0. The summed E-state index contributed by atoms with van der Waals surface area (Å²) >= 11 is 5.30. The van der Waals surface area contributed by atoms with E-state index in [1.807, 2.05) is 31.2 Å². The lowest BCUT2D eigenvalue weighted by Gasteiger charge is -2.16. The molecule has 3 aromatic rings. The van der Waals surface area contributed by atoms with Crippen LogP contribution < -0.4 is 5.32 Å². The second-order valence-corrected chi connectivity index (χ2v) is 7.13. The van der Waals surface area contributed by atoms with E-state index in [-0.39, 0.29) is 24.8 Å². The van der Waals surface area contributed by atoms with Crippen LogP contribution in [0.25, 0.3) is 11.4 Å². The van der Waals surface area contributed by atoms with E-state index in [0.29, 0.717) is 28.7 Å². The molecule has 2 aromatic heterocycles. The molecule has 0 unspecified atom stereocenters. The van der Waals surface area contributed by atoms with Crippen molar-refractivity contribution < 1.29 is 14.1 Å². The number of likely N-dealkylation sites (N-methyl/N-ethyl adjacent to an activating group) is 1. The highest BCUT2D eigenvalue weighted by Crippen LogP contribution is 2.18. The maximum absolute atomic E-state index is 12.5. The minimum atomic E-state index is -0.352. The van der Waals surface area contributed by atoms with E-state index in [9.17, 15) is 9.59 Å².